The predicted molar refractivity (Wildman–Crippen MR) is 109 cm³/mol. The summed E-state index contributed by atoms with van der Waals surface area (Å²) >= 11 is 1.50. The molecule has 9 heteroatoms. The predicted octanol–water partition coefficient (Wildman–Crippen LogP) is 1.66. The average Bonchev–Trinajstić information content (AvgIpc) is 3.28. The number of benzene rings is 1. The molecule has 0 bridgehead atoms. The third-order valence-corrected chi connectivity index (χ3v) is 6.04. The molecular weight excluding hydrogens is 392 g/mol. The van der Waals surface area contributed by atoms with Gasteiger partial charge in [-0.3, -0.25) is 14.2 Å². The molecule has 29 heavy (non-hydrogen) atoms. The topological polar surface area (TPSA) is 88.7 Å². The Hall–Kier alpha value is -2.94. The van der Waals surface area contributed by atoms with E-state index in [0.29, 0.717) is 43.7 Å². The lowest BCUT2D eigenvalue weighted by atomic mass is 10.2. The molecule has 2 amide bonds. The maximum Gasteiger partial charge on any atom is 0.419 e. The largest absolute Gasteiger partial charge is 0.419 e. The molecule has 1 aromatic carbocycles. The van der Waals surface area contributed by atoms with E-state index in [1.807, 2.05) is 18.4 Å². The maximum atomic E-state index is 12.6. The Morgan fingerprint density at radius 1 is 1.10 bits per heavy atom. The average molecular weight is 414 g/mol. The van der Waals surface area contributed by atoms with Gasteiger partial charge < -0.3 is 14.2 Å². The van der Waals surface area contributed by atoms with Crippen molar-refractivity contribution in [2.75, 3.05) is 26.2 Å². The highest BCUT2D eigenvalue weighted by Gasteiger charge is 2.24. The number of thiazole rings is 1. The number of carbonyl (C=O) groups is 2. The molecule has 3 heterocycles. The molecule has 1 saturated heterocycles. The van der Waals surface area contributed by atoms with Crippen molar-refractivity contribution in [2.45, 2.75) is 26.3 Å². The monoisotopic (exact) mass is 414 g/mol. The molecule has 0 atom stereocenters. The smallest absolute Gasteiger partial charge is 0.408 e. The van der Waals surface area contributed by atoms with E-state index >= 15 is 0 Å². The van der Waals surface area contributed by atoms with Gasteiger partial charge in [0.05, 0.1) is 11.9 Å². The van der Waals surface area contributed by atoms with Gasteiger partial charge in [-0.05, 0) is 19.1 Å². The first-order valence-electron chi connectivity index (χ1n) is 9.56. The van der Waals surface area contributed by atoms with Crippen molar-refractivity contribution >= 4 is 34.3 Å². The van der Waals surface area contributed by atoms with Crippen LogP contribution in [0.2, 0.25) is 0 Å². The van der Waals surface area contributed by atoms with E-state index < -0.39 is 5.76 Å². The van der Waals surface area contributed by atoms with Gasteiger partial charge in [0, 0.05) is 50.2 Å². The summed E-state index contributed by atoms with van der Waals surface area (Å²) < 4.78 is 6.69. The number of oxazole rings is 1. The number of fused-ring (bicyclic) bond motifs is 1. The van der Waals surface area contributed by atoms with Crippen molar-refractivity contribution in [3.05, 3.63) is 50.9 Å². The van der Waals surface area contributed by atoms with Crippen LogP contribution in [0.1, 0.15) is 17.1 Å². The maximum absolute atomic E-state index is 12.6. The van der Waals surface area contributed by atoms with E-state index in [4.69, 9.17) is 4.42 Å². The highest BCUT2D eigenvalue weighted by atomic mass is 32.1. The number of rotatable bonds is 5. The first-order chi connectivity index (χ1) is 14.0. The Kier molecular flexibility index (Phi) is 5.48. The van der Waals surface area contributed by atoms with Gasteiger partial charge in [-0.25, -0.2) is 9.78 Å². The van der Waals surface area contributed by atoms with Gasteiger partial charge in [-0.2, -0.15) is 0 Å². The van der Waals surface area contributed by atoms with Crippen LogP contribution in [0, 0.1) is 6.92 Å². The number of aromatic nitrogens is 2. The standard InChI is InChI=1S/C20H22N4O4S/c1-14-13-29-17(21-14)12-19(26)23-10-8-22(9-11-23)18(25)6-7-24-15-4-2-3-5-16(15)28-20(24)27/h2-5,13H,6-12H2,1H3. The Bertz CT molecular complexity index is 1090. The number of carbonyl (C=O) groups excluding carboxylic acids is 2. The second-order valence-electron chi connectivity index (χ2n) is 7.06. The summed E-state index contributed by atoms with van der Waals surface area (Å²) in [6.07, 6.45) is 0.526. The Morgan fingerprint density at radius 2 is 1.79 bits per heavy atom. The van der Waals surface area contributed by atoms with Crippen LogP contribution in [0.5, 0.6) is 0 Å². The number of aryl methyl sites for hydroxylation is 2. The molecule has 0 aliphatic carbocycles. The zero-order valence-corrected chi connectivity index (χ0v) is 17.0. The number of piperazine rings is 1. The van der Waals surface area contributed by atoms with Crippen LogP contribution in [0.4, 0.5) is 0 Å². The molecule has 152 valence electrons. The Morgan fingerprint density at radius 3 is 2.48 bits per heavy atom. The van der Waals surface area contributed by atoms with Crippen molar-refractivity contribution in [3.63, 3.8) is 0 Å². The highest BCUT2D eigenvalue weighted by molar-refractivity contribution is 7.09. The first kappa shape index (κ1) is 19.4. The van der Waals surface area contributed by atoms with Crippen molar-refractivity contribution in [1.82, 2.24) is 19.4 Å². The van der Waals surface area contributed by atoms with E-state index in [-0.39, 0.29) is 24.8 Å². The van der Waals surface area contributed by atoms with Gasteiger partial charge in [0.15, 0.2) is 5.58 Å². The van der Waals surface area contributed by atoms with Crippen molar-refractivity contribution in [1.29, 1.82) is 0 Å². The van der Waals surface area contributed by atoms with Crippen molar-refractivity contribution in [2.24, 2.45) is 0 Å². The normalized spacial score (nSPS) is 14.5. The number of hydrogen-bond acceptors (Lipinski definition) is 6. The molecule has 3 aromatic rings. The molecule has 0 saturated carbocycles. The lowest BCUT2D eigenvalue weighted by Crippen LogP contribution is -2.51. The van der Waals surface area contributed by atoms with Crippen LogP contribution >= 0.6 is 11.3 Å². The van der Waals surface area contributed by atoms with Gasteiger partial charge in [-0.15, -0.1) is 11.3 Å². The van der Waals surface area contributed by atoms with E-state index in [1.165, 1.54) is 15.9 Å². The SMILES string of the molecule is Cc1csc(CC(=O)N2CCN(C(=O)CCn3c(=O)oc4ccccc43)CC2)n1. The lowest BCUT2D eigenvalue weighted by molar-refractivity contribution is -0.139. The Balaban J connectivity index is 1.29. The van der Waals surface area contributed by atoms with Crippen molar-refractivity contribution < 1.29 is 14.0 Å². The second-order valence-corrected chi connectivity index (χ2v) is 8.00. The van der Waals surface area contributed by atoms with E-state index in [9.17, 15) is 14.4 Å². The summed E-state index contributed by atoms with van der Waals surface area (Å²) in [6, 6.07) is 7.17. The Labute approximate surface area is 171 Å². The summed E-state index contributed by atoms with van der Waals surface area (Å²) in [6.45, 7) is 4.23. The molecule has 1 aliphatic rings. The fourth-order valence-electron chi connectivity index (χ4n) is 3.52. The van der Waals surface area contributed by atoms with Gasteiger partial charge in [0.2, 0.25) is 11.8 Å². The van der Waals surface area contributed by atoms with Crippen LogP contribution in [-0.4, -0.2) is 57.3 Å². The fourth-order valence-corrected chi connectivity index (χ4v) is 4.28. The van der Waals surface area contributed by atoms with Gasteiger partial charge in [0.25, 0.3) is 0 Å². The highest BCUT2D eigenvalue weighted by Crippen LogP contribution is 2.14. The van der Waals surface area contributed by atoms with Crippen LogP contribution in [0.3, 0.4) is 0 Å². The van der Waals surface area contributed by atoms with E-state index in [2.05, 4.69) is 4.98 Å². The van der Waals surface area contributed by atoms with E-state index in [1.54, 1.807) is 28.0 Å². The summed E-state index contributed by atoms with van der Waals surface area (Å²) in [5, 5.41) is 2.76. The van der Waals surface area contributed by atoms with Gasteiger partial charge in [0.1, 0.15) is 5.01 Å². The minimum Gasteiger partial charge on any atom is -0.408 e. The first-order valence-corrected chi connectivity index (χ1v) is 10.4. The van der Waals surface area contributed by atoms with Crippen LogP contribution in [0.25, 0.3) is 11.1 Å². The van der Waals surface area contributed by atoms with Crippen molar-refractivity contribution in [3.8, 4) is 0 Å². The lowest BCUT2D eigenvalue weighted by Gasteiger charge is -2.34. The molecule has 0 spiro atoms. The third-order valence-electron chi connectivity index (χ3n) is 5.08. The molecular formula is C20H22N4O4S. The molecule has 0 N–H and O–H groups in total. The number of hydrogen-bond donors (Lipinski definition) is 0. The molecule has 4 rings (SSSR count). The summed E-state index contributed by atoms with van der Waals surface area (Å²) in [7, 11) is 0. The molecule has 0 unspecified atom stereocenters. The minimum atomic E-state index is -0.452. The molecule has 1 aliphatic heterocycles. The summed E-state index contributed by atoms with van der Waals surface area (Å²) in [5.41, 5.74) is 2.14. The van der Waals surface area contributed by atoms with Crippen LogP contribution in [-0.2, 0) is 22.6 Å². The van der Waals surface area contributed by atoms with Gasteiger partial charge >= 0.3 is 5.76 Å². The van der Waals surface area contributed by atoms with Gasteiger partial charge in [-0.1, -0.05) is 12.1 Å². The quantitative estimate of drug-likeness (QED) is 0.634. The third kappa shape index (κ3) is 4.24. The zero-order valence-electron chi connectivity index (χ0n) is 16.2. The summed E-state index contributed by atoms with van der Waals surface area (Å²) in [5.74, 6) is -0.431. The second kappa shape index (κ2) is 8.20. The molecule has 1 fully saturated rings. The van der Waals surface area contributed by atoms with Crippen LogP contribution in [0.15, 0.2) is 38.9 Å². The summed E-state index contributed by atoms with van der Waals surface area (Å²) in [4.78, 5) is 44.9. The molecule has 8 nitrogen and oxygen atoms in total. The van der Waals surface area contributed by atoms with Crippen LogP contribution < -0.4 is 5.76 Å². The minimum absolute atomic E-state index is 0.0233. The zero-order chi connectivity index (χ0) is 20.4. The number of amides is 2. The molecule has 0 radical (unpaired) electrons. The number of para-hydroxylation sites is 2. The number of nitrogens with zero attached hydrogens (tertiary/aromatic N) is 4. The fraction of sp³-hybridized carbons (Fsp3) is 0.400. The molecule has 2 aromatic heterocycles. The van der Waals surface area contributed by atoms with E-state index in [0.717, 1.165) is 10.7 Å².